The van der Waals surface area contributed by atoms with Crippen molar-refractivity contribution in [1.29, 1.82) is 0 Å². The molecule has 9 nitrogen and oxygen atoms in total. The number of hydrogen-bond donors (Lipinski definition) is 4. The molecular formula is C43H49N3O6. The second-order valence-corrected chi connectivity index (χ2v) is 12.9. The van der Waals surface area contributed by atoms with Crippen LogP contribution in [0.2, 0.25) is 0 Å². The van der Waals surface area contributed by atoms with E-state index in [-0.39, 0.29) is 19.4 Å². The van der Waals surface area contributed by atoms with Gasteiger partial charge in [0.05, 0.1) is 24.5 Å². The van der Waals surface area contributed by atoms with Crippen LogP contribution in [0.3, 0.4) is 0 Å². The molecule has 4 aromatic carbocycles. The van der Waals surface area contributed by atoms with Crippen LogP contribution in [0, 0.1) is 11.8 Å². The van der Waals surface area contributed by atoms with Gasteiger partial charge in [0, 0.05) is 12.1 Å². The third-order valence-corrected chi connectivity index (χ3v) is 8.83. The minimum atomic E-state index is -1.26. The summed E-state index contributed by atoms with van der Waals surface area (Å²) in [5, 5.41) is 20.3. The molecule has 0 aliphatic heterocycles. The summed E-state index contributed by atoms with van der Waals surface area (Å²) < 4.78 is 5.78. The number of carbonyl (C=O) groups is 4. The summed E-state index contributed by atoms with van der Waals surface area (Å²) in [6, 6.07) is 30.5. The van der Waals surface area contributed by atoms with Crippen molar-refractivity contribution in [2.75, 3.05) is 18.5 Å². The Morgan fingerprint density at radius 3 is 2.04 bits per heavy atom. The highest BCUT2D eigenvalue weighted by Crippen LogP contribution is 2.21. The van der Waals surface area contributed by atoms with E-state index in [4.69, 9.17) is 4.74 Å². The number of rotatable bonds is 21. The molecule has 0 bridgehead atoms. The minimum Gasteiger partial charge on any atom is -0.463 e. The van der Waals surface area contributed by atoms with Crippen molar-refractivity contribution in [2.24, 2.45) is 11.8 Å². The highest BCUT2D eigenvalue weighted by atomic mass is 16.5. The molecule has 0 radical (unpaired) electrons. The smallest absolute Gasteiger partial charge is 0.309 e. The minimum absolute atomic E-state index is 0.156. The Kier molecular flexibility index (Phi) is 15.8. The van der Waals surface area contributed by atoms with Gasteiger partial charge in [-0.2, -0.15) is 0 Å². The lowest BCUT2D eigenvalue weighted by atomic mass is 9.94. The molecule has 0 fully saturated rings. The number of carbonyl (C=O) groups excluding carboxylic acids is 4. The number of anilines is 1. The molecule has 4 atom stereocenters. The monoisotopic (exact) mass is 703 g/mol. The van der Waals surface area contributed by atoms with E-state index in [0.29, 0.717) is 24.9 Å². The van der Waals surface area contributed by atoms with Gasteiger partial charge in [0.2, 0.25) is 11.8 Å². The predicted octanol–water partition coefficient (Wildman–Crippen LogP) is 6.32. The van der Waals surface area contributed by atoms with Gasteiger partial charge in [0.1, 0.15) is 12.6 Å². The van der Waals surface area contributed by atoms with E-state index in [2.05, 4.69) is 29.1 Å². The molecule has 0 heterocycles. The Hall–Kier alpha value is -5.54. The van der Waals surface area contributed by atoms with Crippen LogP contribution in [0.4, 0.5) is 5.69 Å². The van der Waals surface area contributed by atoms with Crippen molar-refractivity contribution >= 4 is 40.2 Å². The van der Waals surface area contributed by atoms with E-state index in [0.717, 1.165) is 34.7 Å². The third kappa shape index (κ3) is 12.7. The van der Waals surface area contributed by atoms with E-state index < -0.39 is 54.2 Å². The molecular weight excluding hydrogens is 654 g/mol. The molecule has 0 aromatic heterocycles. The van der Waals surface area contributed by atoms with E-state index in [1.165, 1.54) is 6.08 Å². The number of aliphatic hydroxyl groups excluding tert-OH is 1. The Bertz CT molecular complexity index is 1780. The lowest BCUT2D eigenvalue weighted by Crippen LogP contribution is -2.50. The molecule has 0 aliphatic rings. The van der Waals surface area contributed by atoms with Crippen LogP contribution in [-0.4, -0.2) is 54.1 Å². The van der Waals surface area contributed by atoms with E-state index in [1.54, 1.807) is 12.1 Å². The lowest BCUT2D eigenvalue weighted by Gasteiger charge is -2.24. The third-order valence-electron chi connectivity index (χ3n) is 8.83. The molecule has 0 unspecified atom stereocenters. The average molecular weight is 704 g/mol. The first-order valence-electron chi connectivity index (χ1n) is 17.8. The molecule has 9 heteroatoms. The zero-order valence-electron chi connectivity index (χ0n) is 29.5. The van der Waals surface area contributed by atoms with Gasteiger partial charge in [-0.1, -0.05) is 103 Å². The number of esters is 1. The van der Waals surface area contributed by atoms with Crippen LogP contribution >= 0.6 is 0 Å². The molecule has 52 heavy (non-hydrogen) atoms. The Morgan fingerprint density at radius 1 is 0.731 bits per heavy atom. The van der Waals surface area contributed by atoms with Gasteiger partial charge in [-0.15, -0.1) is 13.2 Å². The first-order chi connectivity index (χ1) is 25.3. The number of amides is 3. The molecule has 0 aliphatic carbocycles. The molecule has 0 saturated carbocycles. The highest BCUT2D eigenvalue weighted by molar-refractivity contribution is 5.99. The highest BCUT2D eigenvalue weighted by Gasteiger charge is 2.30. The Labute approximate surface area is 306 Å². The van der Waals surface area contributed by atoms with Crippen LogP contribution in [0.15, 0.2) is 128 Å². The zero-order chi connectivity index (χ0) is 37.1. The van der Waals surface area contributed by atoms with Crippen molar-refractivity contribution < 1.29 is 29.0 Å². The summed E-state index contributed by atoms with van der Waals surface area (Å²) in [5.74, 6) is -3.38. The Balaban J connectivity index is 1.48. The molecule has 272 valence electrons. The fourth-order valence-electron chi connectivity index (χ4n) is 6.02. The topological polar surface area (TPSA) is 134 Å². The Morgan fingerprint density at radius 2 is 1.38 bits per heavy atom. The summed E-state index contributed by atoms with van der Waals surface area (Å²) >= 11 is 0. The number of allylic oxidation sites excluding steroid dienone is 2. The maximum Gasteiger partial charge on any atom is 0.309 e. The van der Waals surface area contributed by atoms with E-state index >= 15 is 0 Å². The summed E-state index contributed by atoms with van der Waals surface area (Å²) in [6.45, 7) is 6.85. The van der Waals surface area contributed by atoms with Gasteiger partial charge in [-0.3, -0.25) is 19.2 Å². The van der Waals surface area contributed by atoms with Crippen molar-refractivity contribution in [3.05, 3.63) is 140 Å². The van der Waals surface area contributed by atoms with Crippen molar-refractivity contribution in [3.8, 4) is 0 Å². The van der Waals surface area contributed by atoms with Crippen LogP contribution in [0.1, 0.15) is 43.2 Å². The molecule has 0 spiro atoms. The predicted molar refractivity (Wildman–Crippen MR) is 205 cm³/mol. The molecule has 4 aromatic rings. The van der Waals surface area contributed by atoms with Gasteiger partial charge < -0.3 is 25.8 Å². The van der Waals surface area contributed by atoms with Gasteiger partial charge in [0.15, 0.2) is 0 Å². The maximum absolute atomic E-state index is 13.8. The number of unbranched alkanes of at least 4 members (excludes halogenated alkanes) is 1. The SMILES string of the molecule is C=CCCC[C@H](Cc1ccccc1)C(=O)OC[C@H](NC(=O)[C@H](CC=C)CC(=O)N[C@@H](CO)Cc1ccccc1)C(=O)Nc1ccc2ccccc2c1. The zero-order valence-corrected chi connectivity index (χ0v) is 29.5. The van der Waals surface area contributed by atoms with E-state index in [1.807, 2.05) is 97.1 Å². The second kappa shape index (κ2) is 21.0. The van der Waals surface area contributed by atoms with Gasteiger partial charge in [-0.25, -0.2) is 0 Å². The van der Waals surface area contributed by atoms with Crippen molar-refractivity contribution in [2.45, 2.75) is 57.0 Å². The number of fused-ring (bicyclic) bond motifs is 1. The van der Waals surface area contributed by atoms with E-state index in [9.17, 15) is 24.3 Å². The van der Waals surface area contributed by atoms with Gasteiger partial charge >= 0.3 is 5.97 Å². The van der Waals surface area contributed by atoms with Gasteiger partial charge in [0.25, 0.3) is 5.91 Å². The maximum atomic E-state index is 13.8. The molecule has 3 amide bonds. The van der Waals surface area contributed by atoms with Crippen LogP contribution < -0.4 is 16.0 Å². The first kappa shape index (κ1) is 39.2. The van der Waals surface area contributed by atoms with Crippen LogP contribution in [0.5, 0.6) is 0 Å². The second-order valence-electron chi connectivity index (χ2n) is 12.9. The van der Waals surface area contributed by atoms with Crippen molar-refractivity contribution in [1.82, 2.24) is 10.6 Å². The summed E-state index contributed by atoms with van der Waals surface area (Å²) in [5.41, 5.74) is 2.44. The largest absolute Gasteiger partial charge is 0.463 e. The van der Waals surface area contributed by atoms with Gasteiger partial charge in [-0.05, 0) is 72.6 Å². The number of aliphatic hydroxyl groups is 1. The fraction of sp³-hybridized carbons (Fsp3) is 0.302. The standard InChI is InChI=1S/C43H49N3O6/c1-3-5-8-22-36(25-31-16-9-6-10-17-31)43(51)52-30-39(42(50)45-37-24-23-33-20-13-14-21-34(33)27-37)46-41(49)35(15-4-2)28-40(48)44-38(29-47)26-32-18-11-7-12-19-32/h3-4,6-7,9-14,16-21,23-24,27,35-36,38-39,47H,1-2,5,8,15,22,25-26,28-30H2,(H,44,48)(H,45,50)(H,46,49)/t35-,36-,38-,39+/m1/s1. The summed E-state index contributed by atoms with van der Waals surface area (Å²) in [4.78, 5) is 54.1. The first-order valence-corrected chi connectivity index (χ1v) is 17.8. The van der Waals surface area contributed by atoms with Crippen LogP contribution in [-0.2, 0) is 36.8 Å². The molecule has 0 saturated heterocycles. The fourth-order valence-corrected chi connectivity index (χ4v) is 6.02. The molecule has 4 N–H and O–H groups in total. The van der Waals surface area contributed by atoms with Crippen molar-refractivity contribution in [3.63, 3.8) is 0 Å². The number of ether oxygens (including phenoxy) is 1. The summed E-state index contributed by atoms with van der Waals surface area (Å²) in [7, 11) is 0. The lowest BCUT2D eigenvalue weighted by molar-refractivity contribution is -0.151. The number of nitrogens with one attached hydrogen (secondary N) is 3. The normalized spacial score (nSPS) is 13.2. The number of hydrogen-bond acceptors (Lipinski definition) is 6. The number of benzene rings is 4. The summed E-state index contributed by atoms with van der Waals surface area (Å²) in [6.07, 6.45) is 6.23. The van der Waals surface area contributed by atoms with Crippen LogP contribution in [0.25, 0.3) is 10.8 Å². The quantitative estimate of drug-likeness (QED) is 0.0456. The molecule has 4 rings (SSSR count). The average Bonchev–Trinajstić information content (AvgIpc) is 3.16.